The first-order chi connectivity index (χ1) is 7.70. The quantitative estimate of drug-likeness (QED) is 0.841. The lowest BCUT2D eigenvalue weighted by molar-refractivity contribution is 0.0935. The predicted octanol–water partition coefficient (Wildman–Crippen LogP) is 2.04. The third kappa shape index (κ3) is 3.81. The Morgan fingerprint density at radius 3 is 2.35 bits per heavy atom. The summed E-state index contributed by atoms with van der Waals surface area (Å²) >= 11 is 0. The minimum absolute atomic E-state index is 0.0287. The lowest BCUT2D eigenvalue weighted by Gasteiger charge is -2.08. The monoisotopic (exact) mass is 259 g/mol. The molecule has 0 saturated carbocycles. The molecule has 94 valence electrons. The number of benzene rings is 1. The first-order valence-electron chi connectivity index (χ1n) is 5.02. The average molecular weight is 259 g/mol. The molecule has 0 amide bonds. The molecule has 17 heavy (non-hydrogen) atoms. The van der Waals surface area contributed by atoms with E-state index in [2.05, 4.69) is 4.72 Å². The molecule has 0 unspecified atom stereocenters. The molecule has 0 aliphatic carbocycles. The number of rotatable bonds is 4. The summed E-state index contributed by atoms with van der Waals surface area (Å²) in [7, 11) is -3.44. The SMILES string of the molecule is CC(C)C(=O)c1ccc(NS(C)(=O)=O)cc1F. The average Bonchev–Trinajstić information content (AvgIpc) is 2.14. The zero-order valence-corrected chi connectivity index (χ0v) is 10.6. The number of hydrogen-bond donors (Lipinski definition) is 1. The normalized spacial score (nSPS) is 11.6. The van der Waals surface area contributed by atoms with Gasteiger partial charge in [-0.2, -0.15) is 0 Å². The molecule has 0 aromatic heterocycles. The Balaban J connectivity index is 3.06. The number of nitrogens with one attached hydrogen (secondary N) is 1. The number of sulfonamides is 1. The molecule has 1 aromatic carbocycles. The van der Waals surface area contributed by atoms with Gasteiger partial charge in [0, 0.05) is 5.92 Å². The molecule has 0 radical (unpaired) electrons. The Labute approximate surface area is 99.9 Å². The van der Waals surface area contributed by atoms with E-state index in [1.807, 2.05) is 0 Å². The van der Waals surface area contributed by atoms with Crippen LogP contribution < -0.4 is 4.72 Å². The molecule has 0 saturated heterocycles. The maximum absolute atomic E-state index is 13.6. The Kier molecular flexibility index (Phi) is 3.87. The summed E-state index contributed by atoms with van der Waals surface area (Å²) in [5.41, 5.74) is 0.0735. The van der Waals surface area contributed by atoms with E-state index in [9.17, 15) is 17.6 Å². The summed E-state index contributed by atoms with van der Waals surface area (Å²) < 4.78 is 37.6. The smallest absolute Gasteiger partial charge is 0.229 e. The zero-order valence-electron chi connectivity index (χ0n) is 9.82. The minimum atomic E-state index is -3.44. The van der Waals surface area contributed by atoms with Crippen LogP contribution in [-0.2, 0) is 10.0 Å². The number of carbonyl (C=O) groups excluding carboxylic acids is 1. The molecule has 1 rings (SSSR count). The van der Waals surface area contributed by atoms with Gasteiger partial charge in [0.05, 0.1) is 17.5 Å². The number of halogens is 1. The highest BCUT2D eigenvalue weighted by atomic mass is 32.2. The van der Waals surface area contributed by atoms with Gasteiger partial charge in [0.25, 0.3) is 0 Å². The van der Waals surface area contributed by atoms with Crippen molar-refractivity contribution in [2.75, 3.05) is 11.0 Å². The molecule has 6 heteroatoms. The van der Waals surface area contributed by atoms with E-state index in [0.717, 1.165) is 12.3 Å². The van der Waals surface area contributed by atoms with E-state index in [1.54, 1.807) is 13.8 Å². The van der Waals surface area contributed by atoms with Crippen molar-refractivity contribution in [2.24, 2.45) is 5.92 Å². The van der Waals surface area contributed by atoms with Gasteiger partial charge in [-0.1, -0.05) is 13.8 Å². The van der Waals surface area contributed by atoms with E-state index in [1.165, 1.54) is 12.1 Å². The van der Waals surface area contributed by atoms with Crippen LogP contribution in [-0.4, -0.2) is 20.5 Å². The van der Waals surface area contributed by atoms with Crippen LogP contribution in [0.15, 0.2) is 18.2 Å². The summed E-state index contributed by atoms with van der Waals surface area (Å²) in [6.07, 6.45) is 0.970. The van der Waals surface area contributed by atoms with Gasteiger partial charge in [-0.25, -0.2) is 12.8 Å². The third-order valence-corrected chi connectivity index (χ3v) is 2.67. The highest BCUT2D eigenvalue weighted by Gasteiger charge is 2.16. The predicted molar refractivity (Wildman–Crippen MR) is 64.0 cm³/mol. The van der Waals surface area contributed by atoms with Gasteiger partial charge in [0.1, 0.15) is 5.82 Å². The molecule has 0 bridgehead atoms. The first-order valence-corrected chi connectivity index (χ1v) is 6.91. The lowest BCUT2D eigenvalue weighted by atomic mass is 10.0. The summed E-state index contributed by atoms with van der Waals surface area (Å²) in [5, 5.41) is 0. The van der Waals surface area contributed by atoms with Crippen LogP contribution in [0.25, 0.3) is 0 Å². The molecular weight excluding hydrogens is 245 g/mol. The van der Waals surface area contributed by atoms with Crippen LogP contribution in [0, 0.1) is 11.7 Å². The van der Waals surface area contributed by atoms with Crippen molar-refractivity contribution in [3.63, 3.8) is 0 Å². The summed E-state index contributed by atoms with van der Waals surface area (Å²) in [5.74, 6) is -1.34. The fourth-order valence-corrected chi connectivity index (χ4v) is 1.86. The highest BCUT2D eigenvalue weighted by Crippen LogP contribution is 2.18. The van der Waals surface area contributed by atoms with Crippen molar-refractivity contribution in [3.05, 3.63) is 29.6 Å². The molecule has 0 heterocycles. The number of Topliss-reactive ketones (excluding diaryl/α,β-unsaturated/α-hetero) is 1. The second-order valence-electron chi connectivity index (χ2n) is 4.09. The van der Waals surface area contributed by atoms with Crippen molar-refractivity contribution < 1.29 is 17.6 Å². The van der Waals surface area contributed by atoms with Crippen molar-refractivity contribution in [1.29, 1.82) is 0 Å². The van der Waals surface area contributed by atoms with Gasteiger partial charge in [0.15, 0.2) is 5.78 Å². The third-order valence-electron chi connectivity index (χ3n) is 2.06. The Morgan fingerprint density at radius 2 is 1.94 bits per heavy atom. The van der Waals surface area contributed by atoms with Crippen LogP contribution in [0.2, 0.25) is 0 Å². The largest absolute Gasteiger partial charge is 0.294 e. The van der Waals surface area contributed by atoms with Crippen LogP contribution in [0.4, 0.5) is 10.1 Å². The Hall–Kier alpha value is -1.43. The molecular formula is C11H14FNO3S. The van der Waals surface area contributed by atoms with E-state index in [4.69, 9.17) is 0 Å². The fraction of sp³-hybridized carbons (Fsp3) is 0.364. The van der Waals surface area contributed by atoms with Crippen LogP contribution in [0.1, 0.15) is 24.2 Å². The van der Waals surface area contributed by atoms with E-state index >= 15 is 0 Å². The molecule has 0 atom stereocenters. The van der Waals surface area contributed by atoms with E-state index in [-0.39, 0.29) is 23.0 Å². The zero-order chi connectivity index (χ0) is 13.2. The molecule has 0 aliphatic rings. The molecule has 1 aromatic rings. The van der Waals surface area contributed by atoms with Crippen LogP contribution in [0.3, 0.4) is 0 Å². The Bertz CT molecular complexity index is 538. The molecule has 1 N–H and O–H groups in total. The maximum atomic E-state index is 13.6. The summed E-state index contributed by atoms with van der Waals surface area (Å²) in [6, 6.07) is 3.64. The van der Waals surface area contributed by atoms with Crippen molar-refractivity contribution in [2.45, 2.75) is 13.8 Å². The maximum Gasteiger partial charge on any atom is 0.229 e. The number of carbonyl (C=O) groups is 1. The first kappa shape index (κ1) is 13.6. The van der Waals surface area contributed by atoms with Crippen molar-refractivity contribution >= 4 is 21.5 Å². The van der Waals surface area contributed by atoms with Gasteiger partial charge in [-0.05, 0) is 18.2 Å². The number of hydrogen-bond acceptors (Lipinski definition) is 3. The second-order valence-corrected chi connectivity index (χ2v) is 5.84. The van der Waals surface area contributed by atoms with Gasteiger partial charge in [-0.3, -0.25) is 9.52 Å². The Morgan fingerprint density at radius 1 is 1.35 bits per heavy atom. The molecule has 0 aliphatic heterocycles. The van der Waals surface area contributed by atoms with Crippen molar-refractivity contribution in [1.82, 2.24) is 0 Å². The fourth-order valence-electron chi connectivity index (χ4n) is 1.30. The summed E-state index contributed by atoms with van der Waals surface area (Å²) in [6.45, 7) is 3.34. The second kappa shape index (κ2) is 4.83. The molecule has 0 spiro atoms. The van der Waals surface area contributed by atoms with Crippen LogP contribution >= 0.6 is 0 Å². The van der Waals surface area contributed by atoms with Crippen LogP contribution in [0.5, 0.6) is 0 Å². The van der Waals surface area contributed by atoms with Gasteiger partial charge in [-0.15, -0.1) is 0 Å². The van der Waals surface area contributed by atoms with Gasteiger partial charge < -0.3 is 0 Å². The van der Waals surface area contributed by atoms with Gasteiger partial charge in [0.2, 0.25) is 10.0 Å². The van der Waals surface area contributed by atoms with E-state index in [0.29, 0.717) is 0 Å². The molecule has 4 nitrogen and oxygen atoms in total. The van der Waals surface area contributed by atoms with E-state index < -0.39 is 15.8 Å². The topological polar surface area (TPSA) is 63.2 Å². The number of anilines is 1. The van der Waals surface area contributed by atoms with Crippen molar-refractivity contribution in [3.8, 4) is 0 Å². The standard InChI is InChI=1S/C11H14FNO3S/c1-7(2)11(14)9-5-4-8(6-10(9)12)13-17(3,15)16/h4-7,13H,1-3H3. The van der Waals surface area contributed by atoms with Gasteiger partial charge >= 0.3 is 0 Å². The highest BCUT2D eigenvalue weighted by molar-refractivity contribution is 7.92. The lowest BCUT2D eigenvalue weighted by Crippen LogP contribution is -2.12. The number of ketones is 1. The minimum Gasteiger partial charge on any atom is -0.294 e. The summed E-state index contributed by atoms with van der Waals surface area (Å²) in [4.78, 5) is 11.6. The molecule has 0 fully saturated rings.